The van der Waals surface area contributed by atoms with E-state index in [1.165, 1.54) is 6.20 Å². The van der Waals surface area contributed by atoms with E-state index in [2.05, 4.69) is 33.2 Å². The highest BCUT2D eigenvalue weighted by Crippen LogP contribution is 2.18. The molecular formula is C15H18IN3O2. The lowest BCUT2D eigenvalue weighted by atomic mass is 10.2. The number of halogens is 1. The van der Waals surface area contributed by atoms with Crippen LogP contribution in [0.2, 0.25) is 0 Å². The summed E-state index contributed by atoms with van der Waals surface area (Å²) in [6, 6.07) is 7.60. The first-order valence-corrected chi connectivity index (χ1v) is 7.56. The molecule has 0 fully saturated rings. The van der Waals surface area contributed by atoms with E-state index in [0.717, 1.165) is 15.6 Å². The Kier molecular flexibility index (Phi) is 7.79. The van der Waals surface area contributed by atoms with Crippen LogP contribution in [0.15, 0.2) is 30.0 Å². The maximum Gasteiger partial charge on any atom is 0.267 e. The molecule has 0 aliphatic carbocycles. The first-order valence-electron chi connectivity index (χ1n) is 6.48. The quantitative estimate of drug-likeness (QED) is 0.320. The van der Waals surface area contributed by atoms with Crippen LogP contribution in [-0.2, 0) is 9.53 Å². The Morgan fingerprint density at radius 3 is 2.90 bits per heavy atom. The molecular weight excluding hydrogens is 381 g/mol. The molecule has 112 valence electrons. The summed E-state index contributed by atoms with van der Waals surface area (Å²) in [5.41, 5.74) is 1.71. The zero-order valence-corrected chi connectivity index (χ0v) is 14.2. The van der Waals surface area contributed by atoms with Crippen LogP contribution in [0, 0.1) is 21.8 Å². The average Bonchev–Trinajstić information content (AvgIpc) is 2.45. The van der Waals surface area contributed by atoms with Gasteiger partial charge in [-0.05, 0) is 59.7 Å². The fourth-order valence-corrected chi connectivity index (χ4v) is 2.25. The van der Waals surface area contributed by atoms with E-state index in [-0.39, 0.29) is 5.57 Å². The number of rotatable bonds is 7. The second-order valence-corrected chi connectivity index (χ2v) is 5.63. The number of hydrogen-bond donors (Lipinski definition) is 2. The van der Waals surface area contributed by atoms with Gasteiger partial charge in [0.25, 0.3) is 5.91 Å². The fourth-order valence-electron chi connectivity index (χ4n) is 1.60. The van der Waals surface area contributed by atoms with Gasteiger partial charge in [-0.1, -0.05) is 0 Å². The molecule has 0 atom stereocenters. The minimum Gasteiger partial charge on any atom is -0.390 e. The number of hydrogen-bond acceptors (Lipinski definition) is 4. The van der Waals surface area contributed by atoms with Crippen molar-refractivity contribution in [3.05, 3.63) is 39.1 Å². The molecule has 0 spiro atoms. The monoisotopic (exact) mass is 399 g/mol. The Bertz CT molecular complexity index is 565. The number of nitriles is 1. The van der Waals surface area contributed by atoms with Crippen molar-refractivity contribution in [1.82, 2.24) is 5.32 Å². The number of amides is 1. The molecule has 21 heavy (non-hydrogen) atoms. The number of nitrogens with zero attached hydrogens (tertiary/aromatic N) is 1. The van der Waals surface area contributed by atoms with Crippen molar-refractivity contribution >= 4 is 34.2 Å². The largest absolute Gasteiger partial charge is 0.390 e. The summed E-state index contributed by atoms with van der Waals surface area (Å²) < 4.78 is 6.02. The third-order valence-electron chi connectivity index (χ3n) is 2.72. The molecule has 0 saturated carbocycles. The van der Waals surface area contributed by atoms with Gasteiger partial charge in [-0.3, -0.25) is 4.79 Å². The third-order valence-corrected chi connectivity index (χ3v) is 3.39. The zero-order chi connectivity index (χ0) is 15.7. The summed E-state index contributed by atoms with van der Waals surface area (Å²) in [6.07, 6.45) is 2.25. The molecule has 0 radical (unpaired) electrons. The molecule has 0 aliphatic rings. The predicted molar refractivity (Wildman–Crippen MR) is 90.7 cm³/mol. The summed E-state index contributed by atoms with van der Waals surface area (Å²) in [4.78, 5) is 12.0. The van der Waals surface area contributed by atoms with E-state index >= 15 is 0 Å². The predicted octanol–water partition coefficient (Wildman–Crippen LogP) is 2.57. The number of methoxy groups -OCH3 is 1. The SMILES string of the molecule is COCCCN/C=C(/C#N)C(=O)Nc1ccc(I)cc1C. The number of ether oxygens (including phenoxy) is 1. The van der Waals surface area contributed by atoms with E-state index in [1.807, 2.05) is 31.2 Å². The van der Waals surface area contributed by atoms with Crippen LogP contribution in [0.3, 0.4) is 0 Å². The Morgan fingerprint density at radius 2 is 2.29 bits per heavy atom. The molecule has 1 aromatic rings. The Morgan fingerprint density at radius 1 is 1.52 bits per heavy atom. The summed E-state index contributed by atoms with van der Waals surface area (Å²) >= 11 is 2.21. The van der Waals surface area contributed by atoms with Crippen molar-refractivity contribution in [2.75, 3.05) is 25.6 Å². The van der Waals surface area contributed by atoms with Gasteiger partial charge in [-0.2, -0.15) is 5.26 Å². The van der Waals surface area contributed by atoms with Crippen LogP contribution in [0.4, 0.5) is 5.69 Å². The molecule has 0 bridgehead atoms. The van der Waals surface area contributed by atoms with Crippen LogP contribution in [-0.4, -0.2) is 26.2 Å². The molecule has 0 aromatic heterocycles. The lowest BCUT2D eigenvalue weighted by Crippen LogP contribution is -2.18. The lowest BCUT2D eigenvalue weighted by molar-refractivity contribution is -0.112. The molecule has 6 heteroatoms. The normalized spacial score (nSPS) is 10.9. The van der Waals surface area contributed by atoms with Gasteiger partial charge in [-0.15, -0.1) is 0 Å². The molecule has 1 amide bonds. The van der Waals surface area contributed by atoms with Gasteiger partial charge in [0, 0.05) is 35.7 Å². The van der Waals surface area contributed by atoms with Gasteiger partial charge < -0.3 is 15.4 Å². The number of nitrogens with one attached hydrogen (secondary N) is 2. The van der Waals surface area contributed by atoms with Crippen molar-refractivity contribution in [3.8, 4) is 6.07 Å². The van der Waals surface area contributed by atoms with E-state index in [4.69, 9.17) is 10.00 Å². The smallest absolute Gasteiger partial charge is 0.267 e. The number of carbonyl (C=O) groups excluding carboxylic acids is 1. The summed E-state index contributed by atoms with van der Waals surface area (Å²) in [5.74, 6) is -0.416. The number of aryl methyl sites for hydroxylation is 1. The van der Waals surface area contributed by atoms with Crippen LogP contribution in [0.25, 0.3) is 0 Å². The van der Waals surface area contributed by atoms with E-state index < -0.39 is 5.91 Å². The topological polar surface area (TPSA) is 74.1 Å². The van der Waals surface area contributed by atoms with Crippen molar-refractivity contribution in [2.45, 2.75) is 13.3 Å². The first-order chi connectivity index (χ1) is 10.1. The van der Waals surface area contributed by atoms with Gasteiger partial charge in [0.1, 0.15) is 11.6 Å². The molecule has 1 rings (SSSR count). The minimum atomic E-state index is -0.416. The standard InChI is InChI=1S/C15H18IN3O2/c1-11-8-13(16)4-5-14(11)19-15(20)12(9-17)10-18-6-3-7-21-2/h4-5,8,10,18H,3,6-7H2,1-2H3,(H,19,20)/b12-10-. The van der Waals surface area contributed by atoms with Crippen LogP contribution >= 0.6 is 22.6 Å². The highest BCUT2D eigenvalue weighted by molar-refractivity contribution is 14.1. The lowest BCUT2D eigenvalue weighted by Gasteiger charge is -2.08. The maximum absolute atomic E-state index is 12.0. The van der Waals surface area contributed by atoms with Gasteiger partial charge >= 0.3 is 0 Å². The average molecular weight is 399 g/mol. The van der Waals surface area contributed by atoms with Crippen molar-refractivity contribution in [1.29, 1.82) is 5.26 Å². The second-order valence-electron chi connectivity index (χ2n) is 4.38. The van der Waals surface area contributed by atoms with Crippen LogP contribution in [0.5, 0.6) is 0 Å². The Hall–Kier alpha value is -1.59. The maximum atomic E-state index is 12.0. The van der Waals surface area contributed by atoms with Gasteiger partial charge in [-0.25, -0.2) is 0 Å². The molecule has 5 nitrogen and oxygen atoms in total. The van der Waals surface area contributed by atoms with Crippen molar-refractivity contribution in [3.63, 3.8) is 0 Å². The molecule has 1 aromatic carbocycles. The molecule has 0 saturated heterocycles. The van der Waals surface area contributed by atoms with E-state index in [0.29, 0.717) is 18.8 Å². The van der Waals surface area contributed by atoms with Gasteiger partial charge in [0.05, 0.1) is 0 Å². The molecule has 0 aliphatic heterocycles. The van der Waals surface area contributed by atoms with Gasteiger partial charge in [0.2, 0.25) is 0 Å². The van der Waals surface area contributed by atoms with E-state index in [9.17, 15) is 4.79 Å². The highest BCUT2D eigenvalue weighted by Gasteiger charge is 2.10. The van der Waals surface area contributed by atoms with Gasteiger partial charge in [0.15, 0.2) is 0 Å². The Labute approximate surface area is 138 Å². The van der Waals surface area contributed by atoms with Crippen molar-refractivity contribution < 1.29 is 9.53 Å². The highest BCUT2D eigenvalue weighted by atomic mass is 127. The van der Waals surface area contributed by atoms with Crippen molar-refractivity contribution in [2.24, 2.45) is 0 Å². The number of anilines is 1. The zero-order valence-electron chi connectivity index (χ0n) is 12.1. The minimum absolute atomic E-state index is 0.0466. The first kappa shape index (κ1) is 17.5. The third kappa shape index (κ3) is 6.14. The summed E-state index contributed by atoms with van der Waals surface area (Å²) in [6.45, 7) is 3.20. The van der Waals surface area contributed by atoms with E-state index in [1.54, 1.807) is 7.11 Å². The second kappa shape index (κ2) is 9.37. The molecule has 0 heterocycles. The summed E-state index contributed by atoms with van der Waals surface area (Å²) in [5, 5.41) is 14.7. The van der Waals surface area contributed by atoms with Crippen LogP contribution < -0.4 is 10.6 Å². The number of carbonyl (C=O) groups is 1. The fraction of sp³-hybridized carbons (Fsp3) is 0.333. The molecule has 0 unspecified atom stereocenters. The van der Waals surface area contributed by atoms with Crippen LogP contribution in [0.1, 0.15) is 12.0 Å². The number of benzene rings is 1. The molecule has 2 N–H and O–H groups in total. The summed E-state index contributed by atoms with van der Waals surface area (Å²) in [7, 11) is 1.63. The Balaban J connectivity index is 2.63.